The Morgan fingerprint density at radius 2 is 1.00 bits per heavy atom. The zero-order chi connectivity index (χ0) is 23.6. The van der Waals surface area contributed by atoms with Crippen molar-refractivity contribution in [1.82, 2.24) is 0 Å². The fourth-order valence-corrected chi connectivity index (χ4v) is 5.43. The molecule has 7 nitrogen and oxygen atoms in total. The molecule has 2 N–H and O–H groups in total. The summed E-state index contributed by atoms with van der Waals surface area (Å²) in [5, 5.41) is 18.7. The quantitative estimate of drug-likeness (QED) is 0.341. The van der Waals surface area contributed by atoms with E-state index in [1.54, 1.807) is 27.7 Å². The van der Waals surface area contributed by atoms with E-state index in [-0.39, 0.29) is 0 Å². The van der Waals surface area contributed by atoms with E-state index < -0.39 is 72.4 Å². The smallest absolute Gasteiger partial charge is 0.481 e. The number of hydrogen-bond acceptors (Lipinski definition) is 5. The molecule has 13 heteroatoms. The summed E-state index contributed by atoms with van der Waals surface area (Å²) in [4.78, 5) is 35.5. The first kappa shape index (κ1) is 26.2. The van der Waals surface area contributed by atoms with Crippen LogP contribution < -0.4 is 0 Å². The standard InChI is InChI=1S/C17H20Cl6O7/c1-14(2)5(7(14)11(24)25)9(16(18,19)20)29-13(28)30-10(17(21,22)23)6-8(12(26)27)15(6,3)4/h5-10H,1-4H3,(H,24,25)(H,26,27). The third-order valence-corrected chi connectivity index (χ3v) is 7.39. The largest absolute Gasteiger partial charge is 0.509 e. The first-order valence-corrected chi connectivity index (χ1v) is 11.0. The highest BCUT2D eigenvalue weighted by molar-refractivity contribution is 6.68. The maximum Gasteiger partial charge on any atom is 0.509 e. The number of carbonyl (C=O) groups excluding carboxylic acids is 1. The van der Waals surface area contributed by atoms with Crippen LogP contribution in [0.25, 0.3) is 0 Å². The number of carboxylic acids is 2. The molecule has 0 saturated heterocycles. The van der Waals surface area contributed by atoms with Gasteiger partial charge < -0.3 is 19.7 Å². The highest BCUT2D eigenvalue weighted by Gasteiger charge is 2.71. The van der Waals surface area contributed by atoms with Crippen molar-refractivity contribution in [3.63, 3.8) is 0 Å². The van der Waals surface area contributed by atoms with E-state index in [0.717, 1.165) is 0 Å². The Balaban J connectivity index is 2.22. The van der Waals surface area contributed by atoms with Gasteiger partial charge in [-0.05, 0) is 10.8 Å². The first-order chi connectivity index (χ1) is 13.3. The Labute approximate surface area is 203 Å². The molecular weight excluding hydrogens is 529 g/mol. The molecule has 0 aromatic rings. The summed E-state index contributed by atoms with van der Waals surface area (Å²) in [5.41, 5.74) is -1.63. The predicted molar refractivity (Wildman–Crippen MR) is 113 cm³/mol. The average Bonchev–Trinajstić information content (AvgIpc) is 3.28. The molecule has 2 saturated carbocycles. The zero-order valence-corrected chi connectivity index (χ0v) is 20.7. The highest BCUT2D eigenvalue weighted by atomic mass is 35.6. The van der Waals surface area contributed by atoms with Crippen LogP contribution in [0, 0.1) is 34.5 Å². The van der Waals surface area contributed by atoms with Gasteiger partial charge in [0, 0.05) is 11.8 Å². The maximum absolute atomic E-state index is 12.5. The number of hydrogen-bond donors (Lipinski definition) is 2. The van der Waals surface area contributed by atoms with E-state index in [4.69, 9.17) is 79.1 Å². The van der Waals surface area contributed by atoms with Crippen molar-refractivity contribution in [3.8, 4) is 0 Å². The van der Waals surface area contributed by atoms with Crippen molar-refractivity contribution in [2.75, 3.05) is 0 Å². The van der Waals surface area contributed by atoms with E-state index in [1.165, 1.54) is 0 Å². The molecular formula is C17H20Cl6O7. The Hall–Kier alpha value is -0.0500. The minimum absolute atomic E-state index is 0.814. The summed E-state index contributed by atoms with van der Waals surface area (Å²) < 4.78 is 6.03. The molecule has 2 aliphatic carbocycles. The lowest BCUT2D eigenvalue weighted by atomic mass is 10.1. The minimum atomic E-state index is -2.16. The zero-order valence-electron chi connectivity index (χ0n) is 16.2. The molecule has 0 heterocycles. The summed E-state index contributed by atoms with van der Waals surface area (Å²) in [6.07, 6.45) is -4.31. The minimum Gasteiger partial charge on any atom is -0.481 e. The second-order valence-electron chi connectivity index (χ2n) is 8.74. The second kappa shape index (κ2) is 8.07. The summed E-state index contributed by atoms with van der Waals surface area (Å²) in [6, 6.07) is 0. The van der Waals surface area contributed by atoms with Gasteiger partial charge in [0.15, 0.2) is 12.2 Å². The monoisotopic (exact) mass is 546 g/mol. The summed E-state index contributed by atoms with van der Waals surface area (Å²) in [6.45, 7) is 6.51. The topological polar surface area (TPSA) is 110 Å². The fourth-order valence-electron chi connectivity index (χ4n) is 4.35. The predicted octanol–water partition coefficient (Wildman–Crippen LogP) is 5.33. The van der Waals surface area contributed by atoms with Crippen LogP contribution >= 0.6 is 69.6 Å². The van der Waals surface area contributed by atoms with E-state index in [2.05, 4.69) is 0 Å². The van der Waals surface area contributed by atoms with Crippen molar-refractivity contribution in [2.45, 2.75) is 47.5 Å². The molecule has 30 heavy (non-hydrogen) atoms. The molecule has 2 rings (SSSR count). The molecule has 0 radical (unpaired) electrons. The van der Waals surface area contributed by atoms with Gasteiger partial charge in [-0.2, -0.15) is 0 Å². The number of aliphatic carboxylic acids is 2. The van der Waals surface area contributed by atoms with E-state index in [0.29, 0.717) is 0 Å². The van der Waals surface area contributed by atoms with Crippen LogP contribution in [0.15, 0.2) is 0 Å². The summed E-state index contributed by atoms with van der Waals surface area (Å²) >= 11 is 35.6. The Morgan fingerprint density at radius 3 is 1.17 bits per heavy atom. The SMILES string of the molecule is CC1(C)C(C(=O)O)C1C(OC(=O)OC(C1C(C(=O)O)C1(C)C)C(Cl)(Cl)Cl)C(Cl)(Cl)Cl. The number of rotatable bonds is 6. The summed E-state index contributed by atoms with van der Waals surface area (Å²) in [7, 11) is 0. The molecule has 0 aliphatic heterocycles. The van der Waals surface area contributed by atoms with Gasteiger partial charge in [0.1, 0.15) is 0 Å². The van der Waals surface area contributed by atoms with E-state index in [1.807, 2.05) is 0 Å². The second-order valence-corrected chi connectivity index (χ2v) is 13.5. The lowest BCUT2D eigenvalue weighted by Crippen LogP contribution is -2.40. The Bertz CT molecular complexity index is 682. The lowest BCUT2D eigenvalue weighted by Gasteiger charge is -2.29. The molecule has 2 fully saturated rings. The number of carbonyl (C=O) groups is 3. The van der Waals surface area contributed by atoms with Crippen LogP contribution in [0.2, 0.25) is 0 Å². The molecule has 0 aromatic carbocycles. The van der Waals surface area contributed by atoms with Crippen molar-refractivity contribution in [1.29, 1.82) is 0 Å². The van der Waals surface area contributed by atoms with Gasteiger partial charge in [-0.1, -0.05) is 97.3 Å². The van der Waals surface area contributed by atoms with Gasteiger partial charge in [-0.15, -0.1) is 0 Å². The molecule has 0 aromatic heterocycles. The number of ether oxygens (including phenoxy) is 2. The highest BCUT2D eigenvalue weighted by Crippen LogP contribution is 2.65. The van der Waals surface area contributed by atoms with Crippen molar-refractivity contribution in [2.24, 2.45) is 34.5 Å². The van der Waals surface area contributed by atoms with Crippen LogP contribution in [0.4, 0.5) is 4.79 Å². The lowest BCUT2D eigenvalue weighted by molar-refractivity contribution is -0.140. The number of halogens is 6. The summed E-state index contributed by atoms with van der Waals surface area (Å²) in [5.74, 6) is -5.74. The maximum atomic E-state index is 12.5. The average molecular weight is 549 g/mol. The van der Waals surface area contributed by atoms with Gasteiger partial charge in [0.25, 0.3) is 0 Å². The van der Waals surface area contributed by atoms with Crippen molar-refractivity contribution in [3.05, 3.63) is 0 Å². The Kier molecular flexibility index (Phi) is 7.05. The van der Waals surface area contributed by atoms with Gasteiger partial charge in [-0.3, -0.25) is 9.59 Å². The number of carboxylic acid groups (broad SMARTS) is 2. The van der Waals surface area contributed by atoms with Crippen LogP contribution in [-0.4, -0.2) is 48.1 Å². The van der Waals surface area contributed by atoms with E-state index in [9.17, 15) is 24.6 Å². The number of alkyl halides is 6. The Morgan fingerprint density at radius 1 is 0.733 bits per heavy atom. The van der Waals surface area contributed by atoms with Crippen molar-refractivity contribution >= 4 is 87.7 Å². The molecule has 6 atom stereocenters. The van der Waals surface area contributed by atoms with E-state index >= 15 is 0 Å². The molecule has 0 bridgehead atoms. The van der Waals surface area contributed by atoms with Gasteiger partial charge in [0.05, 0.1) is 11.8 Å². The van der Waals surface area contributed by atoms with Gasteiger partial charge >= 0.3 is 18.1 Å². The van der Waals surface area contributed by atoms with Gasteiger partial charge in [0.2, 0.25) is 7.59 Å². The molecule has 0 amide bonds. The normalized spacial score (nSPS) is 31.3. The fraction of sp³-hybridized carbons (Fsp3) is 0.824. The first-order valence-electron chi connectivity index (χ1n) is 8.72. The molecule has 6 unspecified atom stereocenters. The van der Waals surface area contributed by atoms with Crippen molar-refractivity contribution < 1.29 is 34.1 Å². The van der Waals surface area contributed by atoms with Gasteiger partial charge in [-0.25, -0.2) is 4.79 Å². The van der Waals surface area contributed by atoms with Crippen LogP contribution in [0.1, 0.15) is 27.7 Å². The molecule has 0 spiro atoms. The molecule has 172 valence electrons. The van der Waals surface area contributed by atoms with Crippen LogP contribution in [0.3, 0.4) is 0 Å². The third kappa shape index (κ3) is 4.96. The van der Waals surface area contributed by atoms with Crippen LogP contribution in [-0.2, 0) is 19.1 Å². The van der Waals surface area contributed by atoms with Crippen LogP contribution in [0.5, 0.6) is 0 Å². The third-order valence-electron chi connectivity index (χ3n) is 6.10. The molecule has 2 aliphatic rings.